The third kappa shape index (κ3) is 3.43. The largest absolute Gasteiger partial charge is 0.455 e. The highest BCUT2D eigenvalue weighted by Gasteiger charge is 2.25. The van der Waals surface area contributed by atoms with Crippen molar-refractivity contribution in [3.05, 3.63) is 104 Å². The molecule has 32 heavy (non-hydrogen) atoms. The van der Waals surface area contributed by atoms with Gasteiger partial charge in [0.05, 0.1) is 17.0 Å². The monoisotopic (exact) mass is 426 g/mol. The number of carbonyl (C=O) groups excluding carboxylic acids is 1. The second-order valence-corrected chi connectivity index (χ2v) is 8.11. The molecule has 1 atom stereocenters. The highest BCUT2D eigenvalue weighted by molar-refractivity contribution is 6.05. The summed E-state index contributed by atoms with van der Waals surface area (Å²) in [7, 11) is 0. The summed E-state index contributed by atoms with van der Waals surface area (Å²) in [6, 6.07) is 17.5. The first-order valence-corrected chi connectivity index (χ1v) is 10.7. The van der Waals surface area contributed by atoms with Gasteiger partial charge < -0.3 is 14.7 Å². The lowest BCUT2D eigenvalue weighted by atomic mass is 9.91. The minimum Gasteiger partial charge on any atom is -0.455 e. The number of H-pyrrole nitrogens is 1. The molecule has 0 fully saturated rings. The highest BCUT2D eigenvalue weighted by Crippen LogP contribution is 2.30. The molecule has 0 aliphatic heterocycles. The maximum absolute atomic E-state index is 13.3. The predicted molar refractivity (Wildman–Crippen MR) is 123 cm³/mol. The van der Waals surface area contributed by atoms with E-state index in [4.69, 9.17) is 4.42 Å². The van der Waals surface area contributed by atoms with E-state index in [9.17, 15) is 14.4 Å². The zero-order valence-corrected chi connectivity index (χ0v) is 17.6. The van der Waals surface area contributed by atoms with E-state index in [1.165, 1.54) is 6.07 Å². The van der Waals surface area contributed by atoms with E-state index < -0.39 is 0 Å². The standard InChI is InChI=1S/C26H22N2O4/c1-15-23(30)18-9-5-10-19(25(18)32-24(15)16-7-3-2-4-8-16)26(31)28-21-12-6-11-20-17(21)13-14-22(29)27-20/h2-5,7-10,13-14,21H,6,11-12H2,1H3,(H,27,29)(H,28,31). The van der Waals surface area contributed by atoms with Crippen LogP contribution in [-0.2, 0) is 6.42 Å². The van der Waals surface area contributed by atoms with E-state index in [0.29, 0.717) is 22.3 Å². The first-order valence-electron chi connectivity index (χ1n) is 10.7. The van der Waals surface area contributed by atoms with Crippen molar-refractivity contribution in [2.24, 2.45) is 0 Å². The molecule has 0 saturated carbocycles. The average molecular weight is 426 g/mol. The Kier molecular flexibility index (Phi) is 4.98. The number of amides is 1. The molecule has 1 aliphatic carbocycles. The normalized spacial score (nSPS) is 15.3. The Morgan fingerprint density at radius 3 is 2.66 bits per heavy atom. The van der Waals surface area contributed by atoms with Gasteiger partial charge in [0.2, 0.25) is 5.56 Å². The maximum atomic E-state index is 13.3. The van der Waals surface area contributed by atoms with Gasteiger partial charge in [-0.2, -0.15) is 0 Å². The lowest BCUT2D eigenvalue weighted by molar-refractivity contribution is 0.0933. The molecule has 0 radical (unpaired) electrons. The molecule has 2 aromatic carbocycles. The summed E-state index contributed by atoms with van der Waals surface area (Å²) in [6.07, 6.45) is 2.41. The second-order valence-electron chi connectivity index (χ2n) is 8.11. The van der Waals surface area contributed by atoms with Crippen LogP contribution in [0.2, 0.25) is 0 Å². The number of aryl methyl sites for hydroxylation is 1. The number of aromatic nitrogens is 1. The van der Waals surface area contributed by atoms with Crippen LogP contribution < -0.4 is 16.3 Å². The Bertz CT molecular complexity index is 1450. The van der Waals surface area contributed by atoms with Gasteiger partial charge in [0, 0.05) is 22.9 Å². The van der Waals surface area contributed by atoms with Crippen LogP contribution in [-0.4, -0.2) is 10.9 Å². The summed E-state index contributed by atoms with van der Waals surface area (Å²) in [5.41, 5.74) is 3.36. The quantitative estimate of drug-likeness (QED) is 0.512. The zero-order valence-electron chi connectivity index (χ0n) is 17.6. The third-order valence-electron chi connectivity index (χ3n) is 6.06. The van der Waals surface area contributed by atoms with Gasteiger partial charge >= 0.3 is 0 Å². The van der Waals surface area contributed by atoms with E-state index in [0.717, 1.165) is 36.1 Å². The van der Waals surface area contributed by atoms with Crippen molar-refractivity contribution in [3.8, 4) is 11.3 Å². The average Bonchev–Trinajstić information content (AvgIpc) is 2.81. The van der Waals surface area contributed by atoms with Crippen molar-refractivity contribution < 1.29 is 9.21 Å². The second kappa shape index (κ2) is 7.96. The molecule has 6 heteroatoms. The smallest absolute Gasteiger partial charge is 0.255 e. The van der Waals surface area contributed by atoms with Gasteiger partial charge in [-0.25, -0.2) is 0 Å². The summed E-state index contributed by atoms with van der Waals surface area (Å²) in [4.78, 5) is 40.9. The van der Waals surface area contributed by atoms with Crippen LogP contribution >= 0.6 is 0 Å². The summed E-state index contributed by atoms with van der Waals surface area (Å²) in [6.45, 7) is 1.74. The minimum atomic E-state index is -0.314. The molecule has 2 N–H and O–H groups in total. The van der Waals surface area contributed by atoms with Gasteiger partial charge in [-0.05, 0) is 49.9 Å². The van der Waals surface area contributed by atoms with Gasteiger partial charge in [-0.1, -0.05) is 36.4 Å². The van der Waals surface area contributed by atoms with Crippen LogP contribution in [0.15, 0.2) is 74.7 Å². The molecule has 5 rings (SSSR count). The molecule has 0 spiro atoms. The summed E-state index contributed by atoms with van der Waals surface area (Å²) in [5.74, 6) is 0.148. The van der Waals surface area contributed by atoms with Gasteiger partial charge in [-0.15, -0.1) is 0 Å². The van der Waals surface area contributed by atoms with Gasteiger partial charge in [0.15, 0.2) is 11.0 Å². The van der Waals surface area contributed by atoms with Crippen molar-refractivity contribution in [2.45, 2.75) is 32.2 Å². The number of carbonyl (C=O) groups is 1. The molecular weight excluding hydrogens is 404 g/mol. The van der Waals surface area contributed by atoms with Crippen LogP contribution in [0, 0.1) is 6.92 Å². The third-order valence-corrected chi connectivity index (χ3v) is 6.06. The summed E-state index contributed by atoms with van der Waals surface area (Å²) >= 11 is 0. The number of aromatic amines is 1. The Morgan fingerprint density at radius 1 is 1.03 bits per heavy atom. The first-order chi connectivity index (χ1) is 15.5. The molecule has 2 aromatic heterocycles. The Hall–Kier alpha value is -3.93. The molecule has 1 amide bonds. The molecule has 1 unspecified atom stereocenters. The number of benzene rings is 2. The van der Waals surface area contributed by atoms with E-state index >= 15 is 0 Å². The number of para-hydroxylation sites is 1. The van der Waals surface area contributed by atoms with Crippen LogP contribution in [0.5, 0.6) is 0 Å². The fraction of sp³-hybridized carbons (Fsp3) is 0.192. The van der Waals surface area contributed by atoms with Crippen molar-refractivity contribution in [1.82, 2.24) is 10.3 Å². The van der Waals surface area contributed by atoms with Crippen LogP contribution in [0.3, 0.4) is 0 Å². The fourth-order valence-electron chi connectivity index (χ4n) is 4.44. The van der Waals surface area contributed by atoms with Crippen molar-refractivity contribution >= 4 is 16.9 Å². The number of fused-ring (bicyclic) bond motifs is 2. The van der Waals surface area contributed by atoms with Crippen LogP contribution in [0.4, 0.5) is 0 Å². The van der Waals surface area contributed by atoms with E-state index in [1.807, 2.05) is 30.3 Å². The zero-order chi connectivity index (χ0) is 22.2. The van der Waals surface area contributed by atoms with E-state index in [1.54, 1.807) is 31.2 Å². The Morgan fingerprint density at radius 2 is 1.84 bits per heavy atom. The molecular formula is C26H22N2O4. The molecule has 4 aromatic rings. The molecule has 6 nitrogen and oxygen atoms in total. The summed E-state index contributed by atoms with van der Waals surface area (Å²) in [5, 5.41) is 3.45. The topological polar surface area (TPSA) is 92.2 Å². The SMILES string of the molecule is Cc1c(-c2ccccc2)oc2c(C(=O)NC3CCCc4[nH]c(=O)ccc43)cccc2c1=O. The van der Waals surface area contributed by atoms with E-state index in [-0.39, 0.29) is 28.5 Å². The fourth-order valence-corrected chi connectivity index (χ4v) is 4.44. The molecule has 0 bridgehead atoms. The molecule has 160 valence electrons. The molecule has 0 saturated heterocycles. The first kappa shape index (κ1) is 20.0. The van der Waals surface area contributed by atoms with Gasteiger partial charge in [-0.3, -0.25) is 14.4 Å². The Balaban J connectivity index is 1.58. The summed E-state index contributed by atoms with van der Waals surface area (Å²) < 4.78 is 6.18. The van der Waals surface area contributed by atoms with Gasteiger partial charge in [0.1, 0.15) is 5.76 Å². The highest BCUT2D eigenvalue weighted by atomic mass is 16.3. The van der Waals surface area contributed by atoms with Crippen molar-refractivity contribution in [1.29, 1.82) is 0 Å². The van der Waals surface area contributed by atoms with Gasteiger partial charge in [0.25, 0.3) is 5.91 Å². The van der Waals surface area contributed by atoms with Crippen LogP contribution in [0.25, 0.3) is 22.3 Å². The molecule has 2 heterocycles. The maximum Gasteiger partial charge on any atom is 0.255 e. The lowest BCUT2D eigenvalue weighted by Gasteiger charge is -2.26. The van der Waals surface area contributed by atoms with E-state index in [2.05, 4.69) is 10.3 Å². The Labute approximate surface area is 183 Å². The number of nitrogens with one attached hydrogen (secondary N) is 2. The minimum absolute atomic E-state index is 0.143. The van der Waals surface area contributed by atoms with Crippen LogP contribution in [0.1, 0.15) is 46.1 Å². The molecule has 1 aliphatic rings. The number of hydrogen-bond acceptors (Lipinski definition) is 4. The lowest BCUT2D eigenvalue weighted by Crippen LogP contribution is -2.32. The predicted octanol–water partition coefficient (Wildman–Crippen LogP) is 4.26. The van der Waals surface area contributed by atoms with Crippen molar-refractivity contribution in [2.75, 3.05) is 0 Å². The van der Waals surface area contributed by atoms with Crippen molar-refractivity contribution in [3.63, 3.8) is 0 Å². The number of rotatable bonds is 3. The number of hydrogen-bond donors (Lipinski definition) is 2. The number of pyridine rings is 1.